The lowest BCUT2D eigenvalue weighted by Gasteiger charge is -2.33. The second-order valence-corrected chi connectivity index (χ2v) is 6.29. The highest BCUT2D eigenvalue weighted by Crippen LogP contribution is 2.26. The van der Waals surface area contributed by atoms with Gasteiger partial charge in [-0.2, -0.15) is 0 Å². The molecule has 2 atom stereocenters. The summed E-state index contributed by atoms with van der Waals surface area (Å²) in [7, 11) is 1.62. The van der Waals surface area contributed by atoms with Crippen molar-refractivity contribution in [2.45, 2.75) is 26.0 Å². The van der Waals surface area contributed by atoms with Gasteiger partial charge in [-0.05, 0) is 44.2 Å². The van der Waals surface area contributed by atoms with Crippen LogP contribution in [0.25, 0.3) is 11.5 Å². The van der Waals surface area contributed by atoms with Crippen LogP contribution in [0, 0.1) is 12.8 Å². The number of β-amino-alcohol motifs (C(OH)–C–C–N with tert-alkyl or cyclic N) is 1. The predicted octanol–water partition coefficient (Wildman–Crippen LogP) is 1.93. The lowest BCUT2D eigenvalue weighted by atomic mass is 9.94. The average molecular weight is 346 g/mol. The Morgan fingerprint density at radius 2 is 2.12 bits per heavy atom. The number of carboxylic acid groups (broad SMARTS) is 1. The minimum atomic E-state index is -0.938. The van der Waals surface area contributed by atoms with Crippen LogP contribution in [0.15, 0.2) is 28.7 Å². The first-order valence-electron chi connectivity index (χ1n) is 8.22. The number of oxazole rings is 1. The van der Waals surface area contributed by atoms with E-state index in [2.05, 4.69) is 4.98 Å². The predicted molar refractivity (Wildman–Crippen MR) is 90.3 cm³/mol. The first kappa shape index (κ1) is 17.4. The molecule has 0 saturated carbocycles. The van der Waals surface area contributed by atoms with Gasteiger partial charge in [-0.3, -0.25) is 9.69 Å². The molecule has 3 rings (SSSR count). The summed E-state index contributed by atoms with van der Waals surface area (Å²) in [6.45, 7) is 3.31. The van der Waals surface area contributed by atoms with E-state index in [0.29, 0.717) is 31.9 Å². The van der Waals surface area contributed by atoms with Crippen molar-refractivity contribution in [2.75, 3.05) is 20.2 Å². The fourth-order valence-corrected chi connectivity index (χ4v) is 3.07. The number of methoxy groups -OCH3 is 1. The van der Waals surface area contributed by atoms with Crippen LogP contribution in [0.4, 0.5) is 0 Å². The number of aliphatic hydroxyl groups is 1. The fourth-order valence-electron chi connectivity index (χ4n) is 3.07. The van der Waals surface area contributed by atoms with E-state index in [1.807, 2.05) is 36.1 Å². The number of rotatable bonds is 5. The molecule has 2 N–H and O–H groups in total. The number of nitrogens with zero attached hydrogens (tertiary/aromatic N) is 2. The number of carboxylic acids is 1. The third-order valence-corrected chi connectivity index (χ3v) is 4.59. The molecule has 1 fully saturated rings. The summed E-state index contributed by atoms with van der Waals surface area (Å²) in [5.74, 6) is 0.399. The van der Waals surface area contributed by atoms with Crippen molar-refractivity contribution >= 4 is 5.97 Å². The molecule has 2 aromatic rings. The van der Waals surface area contributed by atoms with Gasteiger partial charge < -0.3 is 19.4 Å². The van der Waals surface area contributed by atoms with Gasteiger partial charge in [0.25, 0.3) is 0 Å². The van der Waals surface area contributed by atoms with Gasteiger partial charge in [0.05, 0.1) is 24.8 Å². The van der Waals surface area contributed by atoms with Crippen LogP contribution < -0.4 is 4.74 Å². The normalized spacial score (nSPS) is 21.2. The number of aryl methyl sites for hydroxylation is 1. The van der Waals surface area contributed by atoms with E-state index in [-0.39, 0.29) is 0 Å². The zero-order valence-corrected chi connectivity index (χ0v) is 14.3. The number of aliphatic carboxylic acids is 1. The van der Waals surface area contributed by atoms with Gasteiger partial charge in [0.15, 0.2) is 0 Å². The number of benzene rings is 1. The van der Waals surface area contributed by atoms with Gasteiger partial charge >= 0.3 is 5.97 Å². The van der Waals surface area contributed by atoms with Crippen LogP contribution in [0.3, 0.4) is 0 Å². The quantitative estimate of drug-likeness (QED) is 0.854. The van der Waals surface area contributed by atoms with Crippen molar-refractivity contribution in [1.82, 2.24) is 9.88 Å². The van der Waals surface area contributed by atoms with Crippen LogP contribution in [-0.4, -0.2) is 52.4 Å². The Labute approximate surface area is 145 Å². The molecule has 1 saturated heterocycles. The van der Waals surface area contributed by atoms with E-state index in [1.54, 1.807) is 7.11 Å². The molecule has 1 aromatic carbocycles. The van der Waals surface area contributed by atoms with E-state index in [1.165, 1.54) is 0 Å². The second-order valence-electron chi connectivity index (χ2n) is 6.29. The Hall–Kier alpha value is -2.38. The van der Waals surface area contributed by atoms with Crippen molar-refractivity contribution in [3.05, 3.63) is 35.7 Å². The number of likely N-dealkylation sites (tertiary alicyclic amines) is 1. The van der Waals surface area contributed by atoms with Crippen molar-refractivity contribution in [3.63, 3.8) is 0 Å². The third-order valence-electron chi connectivity index (χ3n) is 4.59. The molecule has 0 unspecified atom stereocenters. The highest BCUT2D eigenvalue weighted by molar-refractivity contribution is 5.70. The molecule has 2 heterocycles. The number of aromatic nitrogens is 1. The summed E-state index contributed by atoms with van der Waals surface area (Å²) in [6, 6.07) is 7.47. The number of piperidine rings is 1. The molecular formula is C18H22N2O5. The molecule has 7 heteroatoms. The summed E-state index contributed by atoms with van der Waals surface area (Å²) >= 11 is 0. The average Bonchev–Trinajstić information content (AvgIpc) is 2.95. The first-order chi connectivity index (χ1) is 12.0. The molecular weight excluding hydrogens is 324 g/mol. The summed E-state index contributed by atoms with van der Waals surface area (Å²) < 4.78 is 10.9. The Morgan fingerprint density at radius 1 is 1.40 bits per heavy atom. The minimum Gasteiger partial charge on any atom is -0.497 e. The highest BCUT2D eigenvalue weighted by atomic mass is 16.5. The lowest BCUT2D eigenvalue weighted by Crippen LogP contribution is -2.46. The Balaban J connectivity index is 1.69. The number of hydrogen-bond donors (Lipinski definition) is 2. The van der Waals surface area contributed by atoms with Crippen LogP contribution in [0.1, 0.15) is 17.9 Å². The molecule has 134 valence electrons. The topological polar surface area (TPSA) is 96.0 Å². The van der Waals surface area contributed by atoms with Crippen LogP contribution in [-0.2, 0) is 11.3 Å². The molecule has 0 amide bonds. The summed E-state index contributed by atoms with van der Waals surface area (Å²) in [6.07, 6.45) is -0.432. The van der Waals surface area contributed by atoms with Crippen molar-refractivity contribution < 1.29 is 24.2 Å². The molecule has 25 heavy (non-hydrogen) atoms. The maximum absolute atomic E-state index is 11.1. The number of carbonyl (C=O) groups is 1. The molecule has 0 radical (unpaired) electrons. The summed E-state index contributed by atoms with van der Waals surface area (Å²) in [5, 5.41) is 19.1. The van der Waals surface area contributed by atoms with Crippen LogP contribution in [0.5, 0.6) is 5.75 Å². The molecule has 7 nitrogen and oxygen atoms in total. The van der Waals surface area contributed by atoms with Gasteiger partial charge in [0.2, 0.25) is 5.89 Å². The van der Waals surface area contributed by atoms with Crippen LogP contribution >= 0.6 is 0 Å². The maximum Gasteiger partial charge on any atom is 0.309 e. The van der Waals surface area contributed by atoms with Gasteiger partial charge in [-0.1, -0.05) is 0 Å². The molecule has 0 aliphatic carbocycles. The molecule has 0 bridgehead atoms. The van der Waals surface area contributed by atoms with Crippen molar-refractivity contribution in [2.24, 2.45) is 5.92 Å². The van der Waals surface area contributed by atoms with Gasteiger partial charge in [0, 0.05) is 18.7 Å². The Morgan fingerprint density at radius 3 is 2.72 bits per heavy atom. The van der Waals surface area contributed by atoms with E-state index in [4.69, 9.17) is 14.3 Å². The Bertz CT molecular complexity index is 740. The molecule has 1 aliphatic heterocycles. The van der Waals surface area contributed by atoms with E-state index in [9.17, 15) is 9.90 Å². The van der Waals surface area contributed by atoms with E-state index < -0.39 is 18.0 Å². The standard InChI is InChI=1S/C18H22N2O5/c1-11-15(9-20-8-7-14(18(22)23)16(21)10-20)19-17(25-11)12-3-5-13(24-2)6-4-12/h3-6,14,16,21H,7-10H2,1-2H3,(H,22,23)/t14-,16+/m0/s1. The monoisotopic (exact) mass is 346 g/mol. The number of ether oxygens (including phenoxy) is 1. The first-order valence-corrected chi connectivity index (χ1v) is 8.22. The van der Waals surface area contributed by atoms with Gasteiger partial charge in [0.1, 0.15) is 11.5 Å². The largest absolute Gasteiger partial charge is 0.497 e. The SMILES string of the molecule is COc1ccc(-c2nc(CN3CC[C@H](C(=O)O)[C@H](O)C3)c(C)o2)cc1. The summed E-state index contributed by atoms with van der Waals surface area (Å²) in [4.78, 5) is 17.6. The van der Waals surface area contributed by atoms with E-state index >= 15 is 0 Å². The zero-order chi connectivity index (χ0) is 18.0. The van der Waals surface area contributed by atoms with Crippen molar-refractivity contribution in [1.29, 1.82) is 0 Å². The Kier molecular flexibility index (Phi) is 5.06. The maximum atomic E-state index is 11.1. The third kappa shape index (κ3) is 3.83. The fraction of sp³-hybridized carbons (Fsp3) is 0.444. The summed E-state index contributed by atoms with van der Waals surface area (Å²) in [5.41, 5.74) is 1.66. The molecule has 1 aliphatic rings. The smallest absolute Gasteiger partial charge is 0.309 e. The zero-order valence-electron chi connectivity index (χ0n) is 14.3. The van der Waals surface area contributed by atoms with Gasteiger partial charge in [-0.15, -0.1) is 0 Å². The second kappa shape index (κ2) is 7.25. The van der Waals surface area contributed by atoms with Crippen molar-refractivity contribution in [3.8, 4) is 17.2 Å². The van der Waals surface area contributed by atoms with Gasteiger partial charge in [-0.25, -0.2) is 4.98 Å². The molecule has 1 aromatic heterocycles. The van der Waals surface area contributed by atoms with Crippen LogP contribution in [0.2, 0.25) is 0 Å². The lowest BCUT2D eigenvalue weighted by molar-refractivity contribution is -0.148. The number of aliphatic hydroxyl groups excluding tert-OH is 1. The van der Waals surface area contributed by atoms with E-state index in [0.717, 1.165) is 22.8 Å². The number of hydrogen-bond acceptors (Lipinski definition) is 6. The molecule has 0 spiro atoms. The minimum absolute atomic E-state index is 0.321. The highest BCUT2D eigenvalue weighted by Gasteiger charge is 2.33.